The Kier molecular flexibility index (Phi) is 7.46. The number of aromatic nitrogens is 4. The van der Waals surface area contributed by atoms with E-state index in [1.165, 1.54) is 0 Å². The van der Waals surface area contributed by atoms with Crippen molar-refractivity contribution in [3.05, 3.63) is 60.7 Å². The lowest BCUT2D eigenvalue weighted by molar-refractivity contribution is 0.282. The molecule has 0 saturated heterocycles. The lowest BCUT2D eigenvalue weighted by atomic mass is 10.1. The van der Waals surface area contributed by atoms with Crippen molar-refractivity contribution in [3.63, 3.8) is 0 Å². The SMILES string of the molecule is C=NCCCOc1ccc2nc(-c3ccc(-c4nc5ccc(OCCCN(C)C)cc5[nH]4)cc3)[nH]c2c1. The van der Waals surface area contributed by atoms with Crippen LogP contribution in [-0.2, 0) is 0 Å². The van der Waals surface area contributed by atoms with Crippen molar-refractivity contribution in [1.82, 2.24) is 24.8 Å². The van der Waals surface area contributed by atoms with Crippen molar-refractivity contribution in [2.45, 2.75) is 12.8 Å². The first-order valence-electron chi connectivity index (χ1n) is 12.5. The molecule has 5 aromatic rings. The maximum atomic E-state index is 5.91. The van der Waals surface area contributed by atoms with Crippen LogP contribution in [0, 0.1) is 0 Å². The standard InChI is InChI=1S/C29H32N6O2/c1-30-14-4-16-36-22-10-12-24-26(18-22)33-28(31-24)20-6-8-21(9-7-20)29-32-25-13-11-23(19-27(25)34-29)37-17-5-15-35(2)3/h6-13,18-19H,1,4-5,14-17H2,2-3H3,(H,31,33)(H,32,34). The Labute approximate surface area is 216 Å². The van der Waals surface area contributed by atoms with E-state index in [9.17, 15) is 0 Å². The minimum absolute atomic E-state index is 0.611. The number of rotatable bonds is 12. The summed E-state index contributed by atoms with van der Waals surface area (Å²) in [5.74, 6) is 3.30. The van der Waals surface area contributed by atoms with Crippen molar-refractivity contribution in [3.8, 4) is 34.3 Å². The summed E-state index contributed by atoms with van der Waals surface area (Å²) in [6.07, 6.45) is 1.83. The monoisotopic (exact) mass is 496 g/mol. The third-order valence-electron chi connectivity index (χ3n) is 6.09. The third-order valence-corrected chi connectivity index (χ3v) is 6.09. The number of hydrogen-bond donors (Lipinski definition) is 2. The zero-order chi connectivity index (χ0) is 25.6. The van der Waals surface area contributed by atoms with Gasteiger partial charge in [0, 0.05) is 42.8 Å². The van der Waals surface area contributed by atoms with Crippen LogP contribution in [0.4, 0.5) is 0 Å². The molecule has 0 spiro atoms. The first kappa shape index (κ1) is 24.5. The molecule has 8 nitrogen and oxygen atoms in total. The third kappa shape index (κ3) is 5.98. The molecular formula is C29H32N6O2. The van der Waals surface area contributed by atoms with Crippen molar-refractivity contribution in [2.75, 3.05) is 40.4 Å². The number of fused-ring (bicyclic) bond motifs is 2. The van der Waals surface area contributed by atoms with E-state index in [-0.39, 0.29) is 0 Å². The molecule has 190 valence electrons. The predicted molar refractivity (Wildman–Crippen MR) is 150 cm³/mol. The van der Waals surface area contributed by atoms with Crippen molar-refractivity contribution in [2.24, 2.45) is 4.99 Å². The van der Waals surface area contributed by atoms with Gasteiger partial charge in [-0.2, -0.15) is 0 Å². The number of hydrogen-bond acceptors (Lipinski definition) is 6. The van der Waals surface area contributed by atoms with Gasteiger partial charge in [0.25, 0.3) is 0 Å². The molecule has 0 aliphatic rings. The Balaban J connectivity index is 1.27. The molecule has 2 heterocycles. The summed E-state index contributed by atoms with van der Waals surface area (Å²) in [5.41, 5.74) is 5.72. The molecule has 8 heteroatoms. The zero-order valence-electron chi connectivity index (χ0n) is 21.3. The van der Waals surface area contributed by atoms with E-state index in [0.29, 0.717) is 19.8 Å². The Morgan fingerprint density at radius 2 is 1.27 bits per heavy atom. The van der Waals surface area contributed by atoms with Crippen LogP contribution in [0.15, 0.2) is 65.7 Å². The van der Waals surface area contributed by atoms with Crippen molar-refractivity contribution < 1.29 is 9.47 Å². The summed E-state index contributed by atoms with van der Waals surface area (Å²) >= 11 is 0. The molecule has 2 N–H and O–H groups in total. The second-order valence-electron chi connectivity index (χ2n) is 9.26. The lowest BCUT2D eigenvalue weighted by Crippen LogP contribution is -2.15. The largest absolute Gasteiger partial charge is 0.493 e. The van der Waals surface area contributed by atoms with Gasteiger partial charge in [0.1, 0.15) is 23.1 Å². The molecule has 0 aliphatic heterocycles. The summed E-state index contributed by atoms with van der Waals surface area (Å²) < 4.78 is 11.7. The first-order chi connectivity index (χ1) is 18.1. The van der Waals surface area contributed by atoms with Crippen molar-refractivity contribution >= 4 is 28.8 Å². The Morgan fingerprint density at radius 1 is 0.757 bits per heavy atom. The molecule has 37 heavy (non-hydrogen) atoms. The number of aliphatic imine (C=N–C) groups is 1. The summed E-state index contributed by atoms with van der Waals surface area (Å²) in [6, 6.07) is 20.1. The number of aromatic amines is 2. The smallest absolute Gasteiger partial charge is 0.138 e. The predicted octanol–water partition coefficient (Wildman–Crippen LogP) is 5.57. The molecule has 0 atom stereocenters. The lowest BCUT2D eigenvalue weighted by Gasteiger charge is -2.10. The number of nitrogens with zero attached hydrogens (tertiary/aromatic N) is 4. The number of benzene rings is 3. The summed E-state index contributed by atoms with van der Waals surface area (Å²) in [4.78, 5) is 22.4. The Bertz CT molecular complexity index is 1490. The molecule has 0 unspecified atom stereocenters. The maximum absolute atomic E-state index is 5.91. The highest BCUT2D eigenvalue weighted by molar-refractivity contribution is 5.82. The molecule has 2 aromatic heterocycles. The van der Waals surface area contributed by atoms with Gasteiger partial charge in [-0.15, -0.1) is 0 Å². The minimum atomic E-state index is 0.611. The summed E-state index contributed by atoms with van der Waals surface area (Å²) in [6.45, 7) is 6.51. The van der Waals surface area contributed by atoms with Gasteiger partial charge in [0.05, 0.1) is 35.3 Å². The molecule has 5 rings (SSSR count). The number of H-pyrrole nitrogens is 2. The van der Waals surface area contributed by atoms with Crippen LogP contribution in [0.3, 0.4) is 0 Å². The average Bonchev–Trinajstić information content (AvgIpc) is 3.53. The van der Waals surface area contributed by atoms with Crippen LogP contribution in [0.2, 0.25) is 0 Å². The van der Waals surface area contributed by atoms with Gasteiger partial charge in [-0.05, 0) is 51.5 Å². The van der Waals surface area contributed by atoms with E-state index in [2.05, 4.69) is 64.9 Å². The summed E-state index contributed by atoms with van der Waals surface area (Å²) in [7, 11) is 4.14. The summed E-state index contributed by atoms with van der Waals surface area (Å²) in [5, 5.41) is 0. The maximum Gasteiger partial charge on any atom is 0.138 e. The van der Waals surface area contributed by atoms with Crippen LogP contribution < -0.4 is 9.47 Å². The highest BCUT2D eigenvalue weighted by atomic mass is 16.5. The van der Waals surface area contributed by atoms with Gasteiger partial charge in [-0.1, -0.05) is 24.3 Å². The van der Waals surface area contributed by atoms with Crippen LogP contribution in [0.5, 0.6) is 11.5 Å². The molecule has 0 fully saturated rings. The molecule has 0 aliphatic carbocycles. The van der Waals surface area contributed by atoms with Gasteiger partial charge in [0.2, 0.25) is 0 Å². The van der Waals surface area contributed by atoms with Gasteiger partial charge in [-0.25, -0.2) is 9.97 Å². The van der Waals surface area contributed by atoms with E-state index in [1.54, 1.807) is 0 Å². The van der Waals surface area contributed by atoms with Crippen LogP contribution in [0.1, 0.15) is 12.8 Å². The van der Waals surface area contributed by atoms with Crippen molar-refractivity contribution in [1.29, 1.82) is 0 Å². The Hall–Kier alpha value is -4.17. The molecular weight excluding hydrogens is 464 g/mol. The van der Waals surface area contributed by atoms with E-state index in [0.717, 1.165) is 75.7 Å². The molecule has 0 bridgehead atoms. The highest BCUT2D eigenvalue weighted by Gasteiger charge is 2.10. The quantitative estimate of drug-likeness (QED) is 0.174. The molecule has 0 saturated carbocycles. The van der Waals surface area contributed by atoms with Gasteiger partial charge in [0.15, 0.2) is 0 Å². The second-order valence-corrected chi connectivity index (χ2v) is 9.26. The molecule has 0 radical (unpaired) electrons. The highest BCUT2D eigenvalue weighted by Crippen LogP contribution is 2.28. The normalized spacial score (nSPS) is 11.4. The van der Waals surface area contributed by atoms with E-state index in [4.69, 9.17) is 19.4 Å². The average molecular weight is 497 g/mol. The number of ether oxygens (including phenoxy) is 2. The first-order valence-corrected chi connectivity index (χ1v) is 12.5. The fraction of sp³-hybridized carbons (Fsp3) is 0.276. The molecule has 3 aromatic carbocycles. The number of imidazole rings is 2. The zero-order valence-corrected chi connectivity index (χ0v) is 21.3. The Morgan fingerprint density at radius 3 is 1.76 bits per heavy atom. The fourth-order valence-corrected chi connectivity index (χ4v) is 4.15. The van der Waals surface area contributed by atoms with E-state index in [1.807, 2.05) is 36.4 Å². The van der Waals surface area contributed by atoms with Gasteiger partial charge >= 0.3 is 0 Å². The van der Waals surface area contributed by atoms with Gasteiger partial charge in [-0.3, -0.25) is 0 Å². The second kappa shape index (κ2) is 11.3. The van der Waals surface area contributed by atoms with Crippen LogP contribution in [-0.4, -0.2) is 72.0 Å². The van der Waals surface area contributed by atoms with Crippen LogP contribution in [0.25, 0.3) is 44.8 Å². The number of nitrogens with one attached hydrogen (secondary N) is 2. The van der Waals surface area contributed by atoms with E-state index < -0.39 is 0 Å². The molecule has 0 amide bonds. The fourth-order valence-electron chi connectivity index (χ4n) is 4.15. The minimum Gasteiger partial charge on any atom is -0.493 e. The van der Waals surface area contributed by atoms with Gasteiger partial charge < -0.3 is 29.3 Å². The topological polar surface area (TPSA) is 91.4 Å². The van der Waals surface area contributed by atoms with E-state index >= 15 is 0 Å². The van der Waals surface area contributed by atoms with Crippen LogP contribution >= 0.6 is 0 Å².